The molecule has 1 amide bonds. The quantitative estimate of drug-likeness (QED) is 0.678. The number of carbonyl (C=O) groups is 1. The van der Waals surface area contributed by atoms with Gasteiger partial charge in [0.1, 0.15) is 11.6 Å². The molecule has 0 saturated heterocycles. The van der Waals surface area contributed by atoms with Crippen LogP contribution >= 0.6 is 0 Å². The molecule has 0 aliphatic heterocycles. The molecule has 2 aromatic rings. The van der Waals surface area contributed by atoms with Crippen LogP contribution < -0.4 is 10.1 Å². The second kappa shape index (κ2) is 6.47. The van der Waals surface area contributed by atoms with Gasteiger partial charge in [0.25, 0.3) is 11.6 Å². The number of rotatable bonds is 5. The van der Waals surface area contributed by atoms with Crippen LogP contribution in [0.2, 0.25) is 0 Å². The maximum atomic E-state index is 12.9. The van der Waals surface area contributed by atoms with Gasteiger partial charge in [-0.25, -0.2) is 4.39 Å². The molecule has 0 saturated carbocycles. The van der Waals surface area contributed by atoms with E-state index in [2.05, 4.69) is 5.32 Å². The van der Waals surface area contributed by atoms with E-state index in [1.54, 1.807) is 0 Å². The Hall–Kier alpha value is -2.96. The number of anilines is 1. The minimum atomic E-state index is -0.529. The van der Waals surface area contributed by atoms with Crippen LogP contribution in [0.15, 0.2) is 48.5 Å². The number of halogens is 1. The van der Waals surface area contributed by atoms with E-state index in [1.807, 2.05) is 0 Å². The fourth-order valence-corrected chi connectivity index (χ4v) is 1.57. The number of hydrogen-bond donors (Lipinski definition) is 1. The molecule has 0 unspecified atom stereocenters. The molecule has 0 aromatic heterocycles. The highest BCUT2D eigenvalue weighted by molar-refractivity contribution is 5.91. The predicted octanol–water partition coefficient (Wildman–Crippen LogP) is 2.75. The van der Waals surface area contributed by atoms with Gasteiger partial charge in [0.2, 0.25) is 0 Å². The fraction of sp³-hybridized carbons (Fsp3) is 0.0714. The van der Waals surface area contributed by atoms with Gasteiger partial charge in [0, 0.05) is 23.9 Å². The van der Waals surface area contributed by atoms with Crippen molar-refractivity contribution in [3.05, 3.63) is 64.5 Å². The van der Waals surface area contributed by atoms with E-state index < -0.39 is 16.6 Å². The van der Waals surface area contributed by atoms with E-state index in [0.29, 0.717) is 5.69 Å². The molecule has 0 heterocycles. The molecule has 108 valence electrons. The summed E-state index contributed by atoms with van der Waals surface area (Å²) >= 11 is 0. The Balaban J connectivity index is 1.88. The number of nitrogens with zero attached hydrogens (tertiary/aromatic N) is 1. The molecule has 2 rings (SSSR count). The first-order valence-electron chi connectivity index (χ1n) is 5.97. The number of carbonyl (C=O) groups excluding carboxylic acids is 1. The van der Waals surface area contributed by atoms with Crippen molar-refractivity contribution in [2.45, 2.75) is 0 Å². The largest absolute Gasteiger partial charge is 0.484 e. The minimum Gasteiger partial charge on any atom is -0.484 e. The first-order chi connectivity index (χ1) is 10.0. The minimum absolute atomic E-state index is 0.0657. The van der Waals surface area contributed by atoms with Gasteiger partial charge < -0.3 is 10.1 Å². The molecule has 1 N–H and O–H groups in total. The van der Waals surface area contributed by atoms with E-state index in [-0.39, 0.29) is 18.0 Å². The van der Waals surface area contributed by atoms with E-state index in [1.165, 1.54) is 48.5 Å². The van der Waals surface area contributed by atoms with Crippen molar-refractivity contribution in [3.63, 3.8) is 0 Å². The third-order valence-electron chi connectivity index (χ3n) is 2.53. The van der Waals surface area contributed by atoms with Gasteiger partial charge in [-0.2, -0.15) is 0 Å². The average molecular weight is 290 g/mol. The molecular weight excluding hydrogens is 279 g/mol. The van der Waals surface area contributed by atoms with Crippen molar-refractivity contribution >= 4 is 17.3 Å². The summed E-state index contributed by atoms with van der Waals surface area (Å²) in [5.41, 5.74) is 0.345. The Kier molecular flexibility index (Phi) is 4.45. The number of benzene rings is 2. The van der Waals surface area contributed by atoms with Crippen molar-refractivity contribution in [2.75, 3.05) is 11.9 Å². The van der Waals surface area contributed by atoms with Crippen molar-refractivity contribution < 1.29 is 18.8 Å². The summed E-state index contributed by atoms with van der Waals surface area (Å²) in [7, 11) is 0. The lowest BCUT2D eigenvalue weighted by Crippen LogP contribution is -2.20. The van der Waals surface area contributed by atoms with Crippen LogP contribution in [0.5, 0.6) is 5.75 Å². The lowest BCUT2D eigenvalue weighted by molar-refractivity contribution is -0.384. The molecule has 0 spiro atoms. The summed E-state index contributed by atoms with van der Waals surface area (Å²) in [6.07, 6.45) is 0. The number of non-ortho nitro benzene ring substituents is 1. The summed E-state index contributed by atoms with van der Waals surface area (Å²) in [6.45, 7) is -0.291. The lowest BCUT2D eigenvalue weighted by Gasteiger charge is -2.07. The second-order valence-electron chi connectivity index (χ2n) is 4.10. The normalized spacial score (nSPS) is 9.95. The lowest BCUT2D eigenvalue weighted by atomic mass is 10.3. The highest BCUT2D eigenvalue weighted by Gasteiger charge is 2.07. The van der Waals surface area contributed by atoms with Gasteiger partial charge in [-0.05, 0) is 24.3 Å². The summed E-state index contributed by atoms with van der Waals surface area (Å²) in [4.78, 5) is 21.6. The number of hydrogen-bond acceptors (Lipinski definition) is 4. The number of nitro benzene ring substituents is 1. The molecule has 21 heavy (non-hydrogen) atoms. The SMILES string of the molecule is O=C(COc1cccc(F)c1)Nc1ccc([N+](=O)[O-])cc1. The van der Waals surface area contributed by atoms with Crippen LogP contribution in [-0.2, 0) is 4.79 Å². The molecule has 0 bridgehead atoms. The standard InChI is InChI=1S/C14H11FN2O4/c15-10-2-1-3-13(8-10)21-9-14(18)16-11-4-6-12(7-5-11)17(19)20/h1-8H,9H2,(H,16,18). The Bertz CT molecular complexity index is 658. The van der Waals surface area contributed by atoms with Crippen LogP contribution in [0.4, 0.5) is 15.8 Å². The maximum Gasteiger partial charge on any atom is 0.269 e. The van der Waals surface area contributed by atoms with E-state index >= 15 is 0 Å². The maximum absolute atomic E-state index is 12.9. The summed E-state index contributed by atoms with van der Waals surface area (Å²) in [5, 5.41) is 13.0. The van der Waals surface area contributed by atoms with Crippen molar-refractivity contribution in [1.29, 1.82) is 0 Å². The highest BCUT2D eigenvalue weighted by atomic mass is 19.1. The molecule has 7 heteroatoms. The predicted molar refractivity (Wildman–Crippen MR) is 73.6 cm³/mol. The van der Waals surface area contributed by atoms with Crippen molar-refractivity contribution in [2.24, 2.45) is 0 Å². The summed E-state index contributed by atoms with van der Waals surface area (Å²) in [5.74, 6) is -0.662. The van der Waals surface area contributed by atoms with Crippen molar-refractivity contribution in [3.8, 4) is 5.75 Å². The third kappa shape index (κ3) is 4.27. The van der Waals surface area contributed by atoms with Crippen LogP contribution in [0.3, 0.4) is 0 Å². The Morgan fingerprint density at radius 2 is 1.95 bits per heavy atom. The Morgan fingerprint density at radius 1 is 1.24 bits per heavy atom. The Labute approximate surface area is 119 Å². The van der Waals surface area contributed by atoms with Gasteiger partial charge in [-0.15, -0.1) is 0 Å². The third-order valence-corrected chi connectivity index (χ3v) is 2.53. The van der Waals surface area contributed by atoms with Crippen LogP contribution in [0.25, 0.3) is 0 Å². The average Bonchev–Trinajstić information content (AvgIpc) is 2.46. The molecular formula is C14H11FN2O4. The molecule has 0 atom stereocenters. The summed E-state index contributed by atoms with van der Waals surface area (Å²) in [6, 6.07) is 10.8. The van der Waals surface area contributed by atoms with E-state index in [4.69, 9.17) is 4.74 Å². The first-order valence-corrected chi connectivity index (χ1v) is 5.97. The topological polar surface area (TPSA) is 81.5 Å². The smallest absolute Gasteiger partial charge is 0.269 e. The monoisotopic (exact) mass is 290 g/mol. The van der Waals surface area contributed by atoms with Gasteiger partial charge in [-0.3, -0.25) is 14.9 Å². The zero-order chi connectivity index (χ0) is 15.2. The van der Waals surface area contributed by atoms with Crippen molar-refractivity contribution in [1.82, 2.24) is 0 Å². The van der Waals surface area contributed by atoms with Gasteiger partial charge in [0.05, 0.1) is 4.92 Å². The molecule has 0 aliphatic carbocycles. The van der Waals surface area contributed by atoms with Crippen LogP contribution in [0.1, 0.15) is 0 Å². The fourth-order valence-electron chi connectivity index (χ4n) is 1.57. The first kappa shape index (κ1) is 14.4. The van der Waals surface area contributed by atoms with Gasteiger partial charge in [0.15, 0.2) is 6.61 Å². The number of ether oxygens (including phenoxy) is 1. The zero-order valence-corrected chi connectivity index (χ0v) is 10.8. The summed E-state index contributed by atoms with van der Waals surface area (Å²) < 4.78 is 18.0. The van der Waals surface area contributed by atoms with Gasteiger partial charge >= 0.3 is 0 Å². The van der Waals surface area contributed by atoms with Crippen LogP contribution in [-0.4, -0.2) is 17.4 Å². The molecule has 2 aromatic carbocycles. The number of amides is 1. The highest BCUT2D eigenvalue weighted by Crippen LogP contribution is 2.15. The molecule has 0 aliphatic rings. The van der Waals surface area contributed by atoms with Crippen LogP contribution in [0, 0.1) is 15.9 Å². The van der Waals surface area contributed by atoms with E-state index in [9.17, 15) is 19.3 Å². The number of nitro groups is 1. The second-order valence-corrected chi connectivity index (χ2v) is 4.10. The van der Waals surface area contributed by atoms with E-state index in [0.717, 1.165) is 0 Å². The molecule has 6 nitrogen and oxygen atoms in total. The molecule has 0 radical (unpaired) electrons. The molecule has 0 fully saturated rings. The van der Waals surface area contributed by atoms with Gasteiger partial charge in [-0.1, -0.05) is 6.07 Å². The zero-order valence-electron chi connectivity index (χ0n) is 10.8. The Morgan fingerprint density at radius 3 is 2.57 bits per heavy atom. The number of nitrogens with one attached hydrogen (secondary N) is 1.